The van der Waals surface area contributed by atoms with Crippen LogP contribution in [0.5, 0.6) is 5.75 Å². The minimum Gasteiger partial charge on any atom is -0.486 e. The third kappa shape index (κ3) is 2.70. The average Bonchev–Trinajstić information content (AvgIpc) is 2.39. The molecule has 110 valence electrons. The van der Waals surface area contributed by atoms with Gasteiger partial charge in [0.2, 0.25) is 0 Å². The number of nitrogens with zero attached hydrogens (tertiary/aromatic N) is 1. The lowest BCUT2D eigenvalue weighted by Crippen LogP contribution is -2.53. The van der Waals surface area contributed by atoms with E-state index in [1.54, 1.807) is 18.2 Å². The molecule has 1 saturated heterocycles. The molecule has 0 amide bonds. The van der Waals surface area contributed by atoms with E-state index < -0.39 is 15.8 Å². The van der Waals surface area contributed by atoms with Crippen LogP contribution in [0.2, 0.25) is 0 Å². The molecule has 0 atom stereocenters. The van der Waals surface area contributed by atoms with E-state index in [2.05, 4.69) is 0 Å². The van der Waals surface area contributed by atoms with Gasteiger partial charge in [0.05, 0.1) is 12.0 Å². The maximum Gasteiger partial charge on any atom is 0.276 e. The van der Waals surface area contributed by atoms with E-state index in [0.717, 1.165) is 0 Å². The van der Waals surface area contributed by atoms with Gasteiger partial charge in [0.1, 0.15) is 19.2 Å². The molecule has 2 aliphatic rings. The van der Waals surface area contributed by atoms with E-state index in [1.807, 2.05) is 0 Å². The van der Waals surface area contributed by atoms with Crippen molar-refractivity contribution >= 4 is 29.3 Å². The van der Waals surface area contributed by atoms with Crippen LogP contribution in [0.4, 0.5) is 0 Å². The monoisotopic (exact) mass is 306 g/mol. The topological polar surface area (TPSA) is 89.7 Å². The van der Waals surface area contributed by atoms with Gasteiger partial charge in [-0.05, 0) is 6.07 Å². The fourth-order valence-corrected chi connectivity index (χ4v) is 3.63. The molecule has 0 aliphatic carbocycles. The molecular formula is C13H15BN2O4S. The molecule has 0 saturated carbocycles. The summed E-state index contributed by atoms with van der Waals surface area (Å²) in [6, 6.07) is 4.99. The van der Waals surface area contributed by atoms with Crippen molar-refractivity contribution in [2.45, 2.75) is 24.9 Å². The molecule has 6 nitrogen and oxygen atoms in total. The quantitative estimate of drug-likeness (QED) is 0.707. The van der Waals surface area contributed by atoms with Crippen molar-refractivity contribution in [1.29, 1.82) is 0 Å². The fourth-order valence-electron chi connectivity index (χ4n) is 2.94. The Hall–Kier alpha value is -1.38. The van der Waals surface area contributed by atoms with Gasteiger partial charge in [0, 0.05) is 25.9 Å². The first-order chi connectivity index (χ1) is 9.79. The van der Waals surface area contributed by atoms with Crippen LogP contribution in [-0.2, 0) is 10.2 Å². The van der Waals surface area contributed by atoms with Gasteiger partial charge < -0.3 is 4.74 Å². The van der Waals surface area contributed by atoms with Crippen molar-refractivity contribution in [3.8, 4) is 5.75 Å². The van der Waals surface area contributed by atoms with Crippen LogP contribution in [-0.4, -0.2) is 45.0 Å². The van der Waals surface area contributed by atoms with Gasteiger partial charge in [-0.25, -0.2) is 5.14 Å². The zero-order valence-electron chi connectivity index (χ0n) is 11.4. The normalized spacial score (nSPS) is 21.9. The third-order valence-electron chi connectivity index (χ3n) is 4.11. The number of hydrogen-bond acceptors (Lipinski definition) is 4. The van der Waals surface area contributed by atoms with Gasteiger partial charge in [0.15, 0.2) is 5.78 Å². The Morgan fingerprint density at radius 1 is 1.29 bits per heavy atom. The van der Waals surface area contributed by atoms with E-state index in [0.29, 0.717) is 29.6 Å². The Morgan fingerprint density at radius 3 is 2.57 bits per heavy atom. The van der Waals surface area contributed by atoms with E-state index >= 15 is 0 Å². The summed E-state index contributed by atoms with van der Waals surface area (Å²) < 4.78 is 29.9. The molecule has 3 rings (SSSR count). The number of carbonyl (C=O) groups excluding carboxylic acids is 1. The molecule has 2 radical (unpaired) electrons. The lowest BCUT2D eigenvalue weighted by atomic mass is 9.81. The summed E-state index contributed by atoms with van der Waals surface area (Å²) in [5.74, 6) is 0.497. The van der Waals surface area contributed by atoms with Gasteiger partial charge >= 0.3 is 0 Å². The minimum absolute atomic E-state index is 0.0207. The summed E-state index contributed by atoms with van der Waals surface area (Å²) in [5, 5.41) is 5.13. The second kappa shape index (κ2) is 4.83. The van der Waals surface area contributed by atoms with Crippen LogP contribution in [0.1, 0.15) is 29.6 Å². The van der Waals surface area contributed by atoms with Crippen LogP contribution >= 0.6 is 0 Å². The van der Waals surface area contributed by atoms with E-state index in [1.165, 1.54) is 4.31 Å². The number of nitrogens with two attached hydrogens (primary N) is 1. The highest BCUT2D eigenvalue weighted by Crippen LogP contribution is 2.39. The van der Waals surface area contributed by atoms with Crippen molar-refractivity contribution in [3.63, 3.8) is 0 Å². The summed E-state index contributed by atoms with van der Waals surface area (Å²) in [4.78, 5) is 12.3. The first kappa shape index (κ1) is 14.6. The lowest BCUT2D eigenvalue weighted by Gasteiger charge is -2.43. The first-order valence-corrected chi connectivity index (χ1v) is 8.19. The number of fused-ring (bicyclic) bond motifs is 1. The molecule has 21 heavy (non-hydrogen) atoms. The number of piperidine rings is 1. The van der Waals surface area contributed by atoms with Crippen molar-refractivity contribution in [2.24, 2.45) is 5.14 Å². The second-order valence-electron chi connectivity index (χ2n) is 5.58. The molecular weight excluding hydrogens is 291 g/mol. The maximum atomic E-state index is 12.3. The Morgan fingerprint density at radius 2 is 1.95 bits per heavy atom. The predicted octanol–water partition coefficient (Wildman–Crippen LogP) is -0.516. The highest BCUT2D eigenvalue weighted by atomic mass is 32.2. The van der Waals surface area contributed by atoms with Crippen molar-refractivity contribution in [1.82, 2.24) is 4.31 Å². The molecule has 2 N–H and O–H groups in total. The van der Waals surface area contributed by atoms with Crippen molar-refractivity contribution in [2.75, 3.05) is 13.1 Å². The van der Waals surface area contributed by atoms with Crippen molar-refractivity contribution < 1.29 is 17.9 Å². The Kier molecular flexibility index (Phi) is 3.35. The van der Waals surface area contributed by atoms with Gasteiger partial charge in [-0.3, -0.25) is 4.79 Å². The van der Waals surface area contributed by atoms with Gasteiger partial charge in [-0.1, -0.05) is 17.6 Å². The smallest absolute Gasteiger partial charge is 0.276 e. The molecule has 8 heteroatoms. The molecule has 1 aromatic rings. The maximum absolute atomic E-state index is 12.3. The number of ether oxygens (including phenoxy) is 1. The summed E-state index contributed by atoms with van der Waals surface area (Å²) in [6.07, 6.45) is 1.12. The molecule has 1 fully saturated rings. The second-order valence-corrected chi connectivity index (χ2v) is 7.13. The zero-order chi connectivity index (χ0) is 15.3. The fraction of sp³-hybridized carbons (Fsp3) is 0.462. The van der Waals surface area contributed by atoms with Crippen LogP contribution < -0.4 is 15.3 Å². The van der Waals surface area contributed by atoms with E-state index in [4.69, 9.17) is 17.7 Å². The number of carbonyl (C=O) groups is 1. The Labute approximate surface area is 124 Å². The first-order valence-electron chi connectivity index (χ1n) is 6.69. The minimum atomic E-state index is -3.68. The highest BCUT2D eigenvalue weighted by Gasteiger charge is 2.44. The van der Waals surface area contributed by atoms with Crippen LogP contribution in [0.3, 0.4) is 0 Å². The molecule has 1 aromatic carbocycles. The number of rotatable bonds is 1. The summed E-state index contributed by atoms with van der Waals surface area (Å²) in [6.45, 7) is 0.521. The molecule has 1 spiro atoms. The standard InChI is InChI=1S/C13H15BN2O4S/c14-9-1-2-12-10(7-9)11(17)8-13(20-12)3-5-16(6-4-13)21(15,18)19/h1-2,7H,3-6,8H2,(H2,15,18,19). The molecule has 0 aromatic heterocycles. The number of ketones is 1. The Balaban J connectivity index is 1.84. The summed E-state index contributed by atoms with van der Waals surface area (Å²) in [5.41, 5.74) is 0.377. The predicted molar refractivity (Wildman–Crippen MR) is 78.1 cm³/mol. The van der Waals surface area contributed by atoms with Crippen LogP contribution in [0.15, 0.2) is 18.2 Å². The molecule has 0 unspecified atom stereocenters. The zero-order valence-corrected chi connectivity index (χ0v) is 12.2. The van der Waals surface area contributed by atoms with Gasteiger partial charge in [-0.15, -0.1) is 0 Å². The van der Waals surface area contributed by atoms with Crippen molar-refractivity contribution in [3.05, 3.63) is 23.8 Å². The van der Waals surface area contributed by atoms with E-state index in [9.17, 15) is 13.2 Å². The van der Waals surface area contributed by atoms with E-state index in [-0.39, 0.29) is 25.3 Å². The van der Waals surface area contributed by atoms with Crippen LogP contribution in [0.25, 0.3) is 0 Å². The highest BCUT2D eigenvalue weighted by molar-refractivity contribution is 7.86. The third-order valence-corrected chi connectivity index (χ3v) is 5.19. The van der Waals surface area contributed by atoms with Crippen LogP contribution in [0, 0.1) is 0 Å². The average molecular weight is 306 g/mol. The number of hydrogen-bond donors (Lipinski definition) is 1. The summed E-state index contributed by atoms with van der Waals surface area (Å²) in [7, 11) is 2.00. The SMILES string of the molecule is [B]c1ccc2c(c1)C(=O)CC1(CCN(S(N)(=O)=O)CC1)O2. The lowest BCUT2D eigenvalue weighted by molar-refractivity contribution is 0.00595. The van der Waals surface area contributed by atoms with Gasteiger partial charge in [0.25, 0.3) is 10.2 Å². The number of Topliss-reactive ketones (excluding diaryl/α,β-unsaturated/α-hetero) is 1. The largest absolute Gasteiger partial charge is 0.486 e. The molecule has 2 heterocycles. The Bertz CT molecular complexity index is 696. The summed E-state index contributed by atoms with van der Waals surface area (Å²) >= 11 is 0. The molecule has 0 bridgehead atoms. The number of benzene rings is 1. The molecule has 2 aliphatic heterocycles. The van der Waals surface area contributed by atoms with Gasteiger partial charge in [-0.2, -0.15) is 12.7 Å².